The zero-order chi connectivity index (χ0) is 19.3. The first-order chi connectivity index (χ1) is 13.7. The van der Waals surface area contributed by atoms with Crippen molar-refractivity contribution in [2.24, 2.45) is 5.92 Å². The van der Waals surface area contributed by atoms with Gasteiger partial charge in [-0.1, -0.05) is 30.3 Å². The topological polar surface area (TPSA) is 53.9 Å². The van der Waals surface area contributed by atoms with Crippen LogP contribution in [-0.4, -0.2) is 28.3 Å². The minimum absolute atomic E-state index is 0.409. The van der Waals surface area contributed by atoms with E-state index in [1.807, 2.05) is 6.07 Å². The third-order valence-corrected chi connectivity index (χ3v) is 5.00. The molecule has 3 aromatic rings. The number of anilines is 3. The van der Waals surface area contributed by atoms with Gasteiger partial charge in [-0.15, -0.1) is 5.10 Å². The molecular formula is C21H21F2N5. The number of rotatable bonds is 5. The lowest BCUT2D eigenvalue weighted by molar-refractivity contribution is 0.400. The number of hydrogen-bond donors (Lipinski definition) is 1. The normalized spacial score (nSPS) is 14.9. The van der Waals surface area contributed by atoms with Crippen LogP contribution in [0.2, 0.25) is 0 Å². The first-order valence-corrected chi connectivity index (χ1v) is 9.38. The Morgan fingerprint density at radius 1 is 1.00 bits per heavy atom. The predicted molar refractivity (Wildman–Crippen MR) is 105 cm³/mol. The molecule has 4 rings (SSSR count). The summed E-state index contributed by atoms with van der Waals surface area (Å²) >= 11 is 0. The summed E-state index contributed by atoms with van der Waals surface area (Å²) in [5.41, 5.74) is 1.78. The third kappa shape index (κ3) is 4.42. The van der Waals surface area contributed by atoms with Gasteiger partial charge in [0, 0.05) is 24.8 Å². The molecule has 0 amide bonds. The first kappa shape index (κ1) is 18.3. The number of halogens is 2. The van der Waals surface area contributed by atoms with Crippen LogP contribution in [0.25, 0.3) is 0 Å². The fourth-order valence-electron chi connectivity index (χ4n) is 3.49. The van der Waals surface area contributed by atoms with Crippen molar-refractivity contribution in [2.75, 3.05) is 23.3 Å². The molecule has 7 heteroatoms. The Morgan fingerprint density at radius 3 is 2.54 bits per heavy atom. The standard InChI is InChI=1S/C21H21F2N5/c22-18-7-6-17(13-19(18)23)25-20-14-24-27-21(26-20)28-10-8-16(9-11-28)12-15-4-2-1-3-5-15/h1-7,13-14,16H,8-12H2,(H,25,26,27). The van der Waals surface area contributed by atoms with Crippen LogP contribution < -0.4 is 10.2 Å². The van der Waals surface area contributed by atoms with E-state index in [1.165, 1.54) is 17.8 Å². The van der Waals surface area contributed by atoms with Crippen molar-refractivity contribution in [1.82, 2.24) is 15.2 Å². The van der Waals surface area contributed by atoms with E-state index < -0.39 is 11.6 Å². The smallest absolute Gasteiger partial charge is 0.247 e. The van der Waals surface area contributed by atoms with Crippen molar-refractivity contribution >= 4 is 17.5 Å². The minimum Gasteiger partial charge on any atom is -0.339 e. The maximum atomic E-state index is 13.4. The molecular weight excluding hydrogens is 360 g/mol. The number of piperidine rings is 1. The maximum absolute atomic E-state index is 13.4. The summed E-state index contributed by atoms with van der Waals surface area (Å²) in [4.78, 5) is 6.59. The molecule has 0 atom stereocenters. The molecule has 2 heterocycles. The van der Waals surface area contributed by atoms with Crippen molar-refractivity contribution in [2.45, 2.75) is 19.3 Å². The van der Waals surface area contributed by atoms with E-state index in [9.17, 15) is 8.78 Å². The van der Waals surface area contributed by atoms with Gasteiger partial charge in [-0.25, -0.2) is 8.78 Å². The molecule has 1 N–H and O–H groups in total. The molecule has 0 spiro atoms. The van der Waals surface area contributed by atoms with Crippen LogP contribution in [0.4, 0.5) is 26.2 Å². The monoisotopic (exact) mass is 381 g/mol. The van der Waals surface area contributed by atoms with Gasteiger partial charge in [0.25, 0.3) is 0 Å². The van der Waals surface area contributed by atoms with E-state index in [-0.39, 0.29) is 0 Å². The van der Waals surface area contributed by atoms with E-state index in [2.05, 4.69) is 49.7 Å². The molecule has 144 valence electrons. The summed E-state index contributed by atoms with van der Waals surface area (Å²) in [6, 6.07) is 14.2. The van der Waals surface area contributed by atoms with Crippen LogP contribution in [0.5, 0.6) is 0 Å². The van der Waals surface area contributed by atoms with E-state index in [0.29, 0.717) is 23.4 Å². The number of nitrogens with zero attached hydrogens (tertiary/aromatic N) is 4. The van der Waals surface area contributed by atoms with Crippen molar-refractivity contribution in [3.63, 3.8) is 0 Å². The maximum Gasteiger partial charge on any atom is 0.247 e. The highest BCUT2D eigenvalue weighted by atomic mass is 19.2. The second kappa shape index (κ2) is 8.29. The van der Waals surface area contributed by atoms with Gasteiger partial charge in [0.15, 0.2) is 17.5 Å². The molecule has 1 saturated heterocycles. The highest BCUT2D eigenvalue weighted by Gasteiger charge is 2.21. The van der Waals surface area contributed by atoms with Gasteiger partial charge in [0.2, 0.25) is 5.95 Å². The Balaban J connectivity index is 1.37. The van der Waals surface area contributed by atoms with Crippen molar-refractivity contribution in [3.8, 4) is 0 Å². The Morgan fingerprint density at radius 2 is 1.79 bits per heavy atom. The van der Waals surface area contributed by atoms with Crippen molar-refractivity contribution < 1.29 is 8.78 Å². The number of aromatic nitrogens is 3. The van der Waals surface area contributed by atoms with Gasteiger partial charge < -0.3 is 10.2 Å². The van der Waals surface area contributed by atoms with Crippen LogP contribution in [0.15, 0.2) is 54.7 Å². The predicted octanol–water partition coefficient (Wildman–Crippen LogP) is 4.35. The highest BCUT2D eigenvalue weighted by Crippen LogP contribution is 2.25. The molecule has 1 aliphatic rings. The molecule has 1 aliphatic heterocycles. The molecule has 2 aromatic carbocycles. The first-order valence-electron chi connectivity index (χ1n) is 9.38. The number of benzene rings is 2. The number of hydrogen-bond acceptors (Lipinski definition) is 5. The van der Waals surface area contributed by atoms with Crippen LogP contribution >= 0.6 is 0 Å². The SMILES string of the molecule is Fc1ccc(Nc2cnnc(N3CCC(Cc4ccccc4)CC3)n2)cc1F. The van der Waals surface area contributed by atoms with Gasteiger partial charge in [0.1, 0.15) is 0 Å². The van der Waals surface area contributed by atoms with Crippen LogP contribution in [-0.2, 0) is 6.42 Å². The van der Waals surface area contributed by atoms with Crippen molar-refractivity contribution in [3.05, 3.63) is 71.9 Å². The van der Waals surface area contributed by atoms with Crippen molar-refractivity contribution in [1.29, 1.82) is 0 Å². The Bertz CT molecular complexity index is 927. The Kier molecular flexibility index (Phi) is 5.41. The molecule has 1 aromatic heterocycles. The van der Waals surface area contributed by atoms with Gasteiger partial charge in [-0.05, 0) is 42.9 Å². The molecule has 1 fully saturated rings. The van der Waals surface area contributed by atoms with E-state index in [4.69, 9.17) is 0 Å². The second-order valence-electron chi connectivity index (χ2n) is 7.02. The van der Waals surface area contributed by atoms with Gasteiger partial charge >= 0.3 is 0 Å². The van der Waals surface area contributed by atoms with Gasteiger partial charge in [0.05, 0.1) is 6.20 Å². The average molecular weight is 381 g/mol. The summed E-state index contributed by atoms with van der Waals surface area (Å²) < 4.78 is 26.4. The number of nitrogens with one attached hydrogen (secondary N) is 1. The van der Waals surface area contributed by atoms with Gasteiger partial charge in [-0.2, -0.15) is 10.1 Å². The van der Waals surface area contributed by atoms with Crippen LogP contribution in [0.1, 0.15) is 18.4 Å². The zero-order valence-corrected chi connectivity index (χ0v) is 15.4. The minimum atomic E-state index is -0.910. The zero-order valence-electron chi connectivity index (χ0n) is 15.4. The quantitative estimate of drug-likeness (QED) is 0.712. The fourth-order valence-corrected chi connectivity index (χ4v) is 3.49. The lowest BCUT2D eigenvalue weighted by atomic mass is 9.90. The summed E-state index contributed by atoms with van der Waals surface area (Å²) in [7, 11) is 0. The average Bonchev–Trinajstić information content (AvgIpc) is 2.72. The molecule has 0 unspecified atom stereocenters. The summed E-state index contributed by atoms with van der Waals surface area (Å²) in [5.74, 6) is -0.151. The van der Waals surface area contributed by atoms with E-state index in [0.717, 1.165) is 44.5 Å². The highest BCUT2D eigenvalue weighted by molar-refractivity contribution is 5.56. The van der Waals surface area contributed by atoms with E-state index in [1.54, 1.807) is 0 Å². The van der Waals surface area contributed by atoms with Crippen LogP contribution in [0.3, 0.4) is 0 Å². The molecule has 0 aliphatic carbocycles. The summed E-state index contributed by atoms with van der Waals surface area (Å²) in [6.45, 7) is 1.74. The largest absolute Gasteiger partial charge is 0.339 e. The molecule has 0 saturated carbocycles. The van der Waals surface area contributed by atoms with Gasteiger partial charge in [-0.3, -0.25) is 0 Å². The lowest BCUT2D eigenvalue weighted by Crippen LogP contribution is -2.35. The second-order valence-corrected chi connectivity index (χ2v) is 7.02. The fraction of sp³-hybridized carbons (Fsp3) is 0.286. The third-order valence-electron chi connectivity index (χ3n) is 5.00. The summed E-state index contributed by atoms with van der Waals surface area (Å²) in [6.07, 6.45) is 4.69. The molecule has 0 bridgehead atoms. The molecule has 0 radical (unpaired) electrons. The summed E-state index contributed by atoms with van der Waals surface area (Å²) in [5, 5.41) is 11.1. The van der Waals surface area contributed by atoms with E-state index >= 15 is 0 Å². The lowest BCUT2D eigenvalue weighted by Gasteiger charge is -2.31. The Labute approximate surface area is 162 Å². The Hall–Kier alpha value is -3.09. The molecule has 5 nitrogen and oxygen atoms in total. The van der Waals surface area contributed by atoms with Crippen LogP contribution in [0, 0.1) is 17.6 Å². The molecule has 28 heavy (non-hydrogen) atoms.